The Bertz CT molecular complexity index is 1950. The van der Waals surface area contributed by atoms with Crippen molar-refractivity contribution in [1.82, 2.24) is 25.5 Å². The predicted octanol–water partition coefficient (Wildman–Crippen LogP) is 6.07. The van der Waals surface area contributed by atoms with Crippen LogP contribution in [0.3, 0.4) is 0 Å². The lowest BCUT2D eigenvalue weighted by Crippen LogP contribution is -2.38. The second-order valence-corrected chi connectivity index (χ2v) is 12.4. The van der Waals surface area contributed by atoms with Gasteiger partial charge in [0, 0.05) is 23.8 Å². The molecule has 50 heavy (non-hydrogen) atoms. The van der Waals surface area contributed by atoms with E-state index in [9.17, 15) is 37.0 Å². The molecule has 260 valence electrons. The summed E-state index contributed by atoms with van der Waals surface area (Å²) in [5, 5.41) is 33.9. The summed E-state index contributed by atoms with van der Waals surface area (Å²) in [7, 11) is 0. The Labute approximate surface area is 285 Å². The minimum absolute atomic E-state index is 0.103. The fraction of sp³-hybridized carbons (Fsp3) is 0.235. The molecule has 1 saturated heterocycles. The van der Waals surface area contributed by atoms with E-state index in [1.165, 1.54) is 23.9 Å². The number of carbonyl (C=O) groups excluding carboxylic acids is 1. The van der Waals surface area contributed by atoms with Gasteiger partial charge in [0.05, 0.1) is 24.5 Å². The Hall–Kier alpha value is -4.90. The molecular formula is C34H28F5N5O5S. The van der Waals surface area contributed by atoms with Crippen LogP contribution in [0.1, 0.15) is 51.9 Å². The third-order valence-corrected chi connectivity index (χ3v) is 9.19. The zero-order valence-electron chi connectivity index (χ0n) is 26.1. The van der Waals surface area contributed by atoms with Crippen LogP contribution in [-0.4, -0.2) is 48.2 Å². The third kappa shape index (κ3) is 7.19. The second-order valence-electron chi connectivity index (χ2n) is 11.4. The van der Waals surface area contributed by atoms with Crippen molar-refractivity contribution < 1.29 is 46.4 Å². The summed E-state index contributed by atoms with van der Waals surface area (Å²) in [4.78, 5) is 12.4. The van der Waals surface area contributed by atoms with Gasteiger partial charge in [-0.3, -0.25) is 4.79 Å². The van der Waals surface area contributed by atoms with Crippen molar-refractivity contribution in [3.63, 3.8) is 0 Å². The van der Waals surface area contributed by atoms with Crippen LogP contribution in [0.4, 0.5) is 22.0 Å². The summed E-state index contributed by atoms with van der Waals surface area (Å²) in [6.45, 7) is 1.60. The summed E-state index contributed by atoms with van der Waals surface area (Å²) >= 11 is 1.37. The van der Waals surface area contributed by atoms with Gasteiger partial charge in [0.1, 0.15) is 11.3 Å². The topological polar surface area (TPSA) is 132 Å². The summed E-state index contributed by atoms with van der Waals surface area (Å²) in [6, 6.07) is 20.3. The Balaban J connectivity index is 1.19. The Morgan fingerprint density at radius 1 is 0.840 bits per heavy atom. The van der Waals surface area contributed by atoms with Crippen molar-refractivity contribution in [3.8, 4) is 11.4 Å². The Kier molecular flexibility index (Phi) is 10.4. The van der Waals surface area contributed by atoms with Gasteiger partial charge < -0.3 is 25.0 Å². The highest BCUT2D eigenvalue weighted by Crippen LogP contribution is 2.43. The number of nitrogens with one attached hydrogen (secondary N) is 1. The first-order chi connectivity index (χ1) is 24.0. The van der Waals surface area contributed by atoms with Crippen LogP contribution in [-0.2, 0) is 22.6 Å². The largest absolute Gasteiger partial charge is 0.508 e. The fourth-order valence-electron chi connectivity index (χ4n) is 5.36. The van der Waals surface area contributed by atoms with E-state index in [0.717, 1.165) is 11.1 Å². The van der Waals surface area contributed by atoms with E-state index in [1.807, 2.05) is 19.1 Å². The number of ether oxygens (including phenoxy) is 2. The molecule has 10 nitrogen and oxygen atoms in total. The number of aliphatic hydroxyl groups excluding tert-OH is 1. The van der Waals surface area contributed by atoms with Gasteiger partial charge in [0.2, 0.25) is 11.0 Å². The molecule has 1 aromatic heterocycles. The first-order valence-corrected chi connectivity index (χ1v) is 16.1. The fourth-order valence-corrected chi connectivity index (χ4v) is 6.41. The number of aromatic hydroxyl groups is 1. The Morgan fingerprint density at radius 2 is 1.44 bits per heavy atom. The molecule has 4 aromatic carbocycles. The van der Waals surface area contributed by atoms with Crippen LogP contribution in [0.15, 0.2) is 78.0 Å². The molecule has 6 rings (SSSR count). The predicted molar refractivity (Wildman–Crippen MR) is 168 cm³/mol. The smallest absolute Gasteiger partial charge is 0.257 e. The summed E-state index contributed by atoms with van der Waals surface area (Å²) in [6.07, 6.45) is -1.67. The molecule has 0 saturated carbocycles. The standard InChI is InChI=1S/C34H28F5N5O5S/c1-17-24(16-50-34-41-42-43-44(34)22-10-12-23(46)13-11-22)48-33(49-31(17)20-6-4-19(15-45)5-7-20)21-8-2-18(3-9-21)14-40-32(47)25-26(35)28(37)30(39)29(38)27(25)36/h2-13,17,24,31,33,45-46H,14-16H2,1H3,(H,40,47)/t17-,24+,31+,33+/m1/s1. The van der Waals surface area contributed by atoms with E-state index < -0.39 is 53.0 Å². The van der Waals surface area contributed by atoms with Crippen LogP contribution >= 0.6 is 11.8 Å². The number of hydrogen-bond donors (Lipinski definition) is 3. The summed E-state index contributed by atoms with van der Waals surface area (Å²) in [5.41, 5.74) is 1.74. The van der Waals surface area contributed by atoms with Gasteiger partial charge in [-0.25, -0.2) is 22.0 Å². The lowest BCUT2D eigenvalue weighted by Gasteiger charge is -2.41. The number of nitrogens with zero attached hydrogens (tertiary/aromatic N) is 4. The molecule has 0 aliphatic carbocycles. The molecular weight excluding hydrogens is 685 g/mol. The van der Waals surface area contributed by atoms with Crippen LogP contribution in [0.25, 0.3) is 5.69 Å². The number of tetrazole rings is 1. The number of halogens is 5. The molecule has 3 N–H and O–H groups in total. The molecule has 2 heterocycles. The number of phenolic OH excluding ortho intramolecular Hbond substituents is 1. The molecule has 16 heteroatoms. The number of thioether (sulfide) groups is 1. The Morgan fingerprint density at radius 3 is 2.08 bits per heavy atom. The van der Waals surface area contributed by atoms with E-state index in [4.69, 9.17) is 9.47 Å². The van der Waals surface area contributed by atoms with E-state index >= 15 is 0 Å². The molecule has 1 amide bonds. The van der Waals surface area contributed by atoms with Crippen LogP contribution in [0.2, 0.25) is 0 Å². The number of carbonyl (C=O) groups is 1. The molecule has 1 aliphatic rings. The van der Waals surface area contributed by atoms with E-state index in [2.05, 4.69) is 20.8 Å². The number of aliphatic hydroxyl groups is 1. The number of phenols is 1. The van der Waals surface area contributed by atoms with E-state index in [-0.39, 0.29) is 30.9 Å². The number of amides is 1. The highest BCUT2D eigenvalue weighted by atomic mass is 32.2. The van der Waals surface area contributed by atoms with Crippen LogP contribution in [0, 0.1) is 35.0 Å². The maximum Gasteiger partial charge on any atom is 0.257 e. The van der Waals surface area contributed by atoms with Crippen molar-refractivity contribution >= 4 is 17.7 Å². The van der Waals surface area contributed by atoms with E-state index in [1.54, 1.807) is 53.2 Å². The number of aromatic nitrogens is 4. The van der Waals surface area contributed by atoms with Crippen LogP contribution < -0.4 is 5.32 Å². The molecule has 0 radical (unpaired) electrons. The van der Waals surface area contributed by atoms with Gasteiger partial charge >= 0.3 is 0 Å². The van der Waals surface area contributed by atoms with Gasteiger partial charge in [0.15, 0.2) is 29.6 Å². The maximum atomic E-state index is 14.1. The lowest BCUT2D eigenvalue weighted by molar-refractivity contribution is -0.268. The molecule has 0 unspecified atom stereocenters. The molecule has 1 aliphatic heterocycles. The zero-order chi connectivity index (χ0) is 35.5. The van der Waals surface area contributed by atoms with E-state index in [0.29, 0.717) is 27.7 Å². The van der Waals surface area contributed by atoms with Gasteiger partial charge in [-0.15, -0.1) is 5.10 Å². The highest BCUT2D eigenvalue weighted by Gasteiger charge is 2.39. The first kappa shape index (κ1) is 34.9. The number of hydrogen-bond acceptors (Lipinski definition) is 9. The van der Waals surface area contributed by atoms with Crippen molar-refractivity contribution in [1.29, 1.82) is 0 Å². The SMILES string of the molecule is C[C@@H]1[C@H](CSc2nnnn2-c2ccc(O)cc2)O[C@H](c2ccc(CNC(=O)c3c(F)c(F)c(F)c(F)c3F)cc2)O[C@@H]1c1ccc(CO)cc1. The van der Waals surface area contributed by atoms with Gasteiger partial charge in [-0.05, 0) is 51.4 Å². The number of benzene rings is 4. The second kappa shape index (κ2) is 14.9. The van der Waals surface area contributed by atoms with Crippen molar-refractivity contribution in [2.24, 2.45) is 5.92 Å². The molecule has 0 spiro atoms. The molecule has 0 bridgehead atoms. The molecule has 5 aromatic rings. The van der Waals surface area contributed by atoms with Gasteiger partial charge in [-0.1, -0.05) is 67.2 Å². The first-order valence-electron chi connectivity index (χ1n) is 15.1. The minimum atomic E-state index is -2.35. The minimum Gasteiger partial charge on any atom is -0.508 e. The highest BCUT2D eigenvalue weighted by molar-refractivity contribution is 7.99. The monoisotopic (exact) mass is 713 g/mol. The maximum absolute atomic E-state index is 14.1. The molecule has 4 atom stereocenters. The quantitative estimate of drug-likeness (QED) is 0.0684. The van der Waals surface area contributed by atoms with Crippen molar-refractivity contribution in [2.45, 2.75) is 43.7 Å². The average Bonchev–Trinajstić information content (AvgIpc) is 3.61. The summed E-state index contributed by atoms with van der Waals surface area (Å²) in [5.74, 6) is -12.3. The normalized spacial score (nSPS) is 19.0. The average molecular weight is 714 g/mol. The van der Waals surface area contributed by atoms with Crippen LogP contribution in [0.5, 0.6) is 5.75 Å². The van der Waals surface area contributed by atoms with Gasteiger partial charge in [0.25, 0.3) is 5.91 Å². The lowest BCUT2D eigenvalue weighted by atomic mass is 9.91. The van der Waals surface area contributed by atoms with Crippen molar-refractivity contribution in [3.05, 3.63) is 130 Å². The zero-order valence-corrected chi connectivity index (χ0v) is 26.9. The number of rotatable bonds is 10. The van der Waals surface area contributed by atoms with Gasteiger partial charge in [-0.2, -0.15) is 4.68 Å². The molecule has 1 fully saturated rings. The van der Waals surface area contributed by atoms with Crippen molar-refractivity contribution in [2.75, 3.05) is 5.75 Å². The third-order valence-electron chi connectivity index (χ3n) is 8.18. The summed E-state index contributed by atoms with van der Waals surface area (Å²) < 4.78 is 83.2.